The molecule has 6 saturated heterocycles. The van der Waals surface area contributed by atoms with Gasteiger partial charge in [-0.15, -0.1) is 5.10 Å². The standard InChI is InChI=1S/C47H63N7O16S2/c1-26(72-71-22-16-37(59)60)11-12-34(56)49-24-32-45-41(62)42(63)46(68-32)67-19-6-18-66-44-31(69-47(70-45)43(64)40(44)61)23-50-35(57)15-20-65-21-17-48-33(55)13-14-36(58)54-25-27-7-2-3-8-28(27)38-39(52-53-51-38)29-9-4-5-10-30(29)54/h2-5,7-10,26,31-32,40-47,61-64H,6,11-25H2,1H3,(H,48,55)(H,49,56)(H,50,57)(H,59,60)(H,51,52,53)/t26?,31-,32-,40-,41-,42-,43-,44-,45-,46-,47-/m1/s1/i/hTD. The van der Waals surface area contributed by atoms with Crippen LogP contribution in [0.4, 0.5) is 5.69 Å². The maximum atomic E-state index is 13.8. The number of carboxylic acids is 1. The summed E-state index contributed by atoms with van der Waals surface area (Å²) in [7, 11) is 2.92. The maximum absolute atomic E-state index is 13.8. The van der Waals surface area contributed by atoms with E-state index >= 15 is 0 Å². The van der Waals surface area contributed by atoms with E-state index in [4.69, 9.17) is 31.3 Å². The number of carboxylic acid groups (broad SMARTS) is 1. The Morgan fingerprint density at radius 3 is 2.31 bits per heavy atom. The van der Waals surface area contributed by atoms with Gasteiger partial charge in [0.25, 0.3) is 1.43 Å². The Bertz CT molecular complexity index is 2380. The zero-order valence-electron chi connectivity index (χ0n) is 41.6. The third-order valence-corrected chi connectivity index (χ3v) is 15.3. The summed E-state index contributed by atoms with van der Waals surface area (Å²) < 4.78 is 50.3. The monoisotopic (exact) mass is 1050 g/mol. The maximum Gasteiger partial charge on any atom is 0.304 e. The van der Waals surface area contributed by atoms with Crippen LogP contribution in [0.2, 0.25) is 1.41 Å². The number of aromatic amines is 1. The number of para-hydroxylation sites is 1. The highest BCUT2D eigenvalue weighted by Gasteiger charge is 2.52. The van der Waals surface area contributed by atoms with Crippen molar-refractivity contribution in [1.82, 2.24) is 31.4 Å². The molecule has 7 aliphatic heterocycles. The van der Waals surface area contributed by atoms with Crippen LogP contribution in [0.15, 0.2) is 48.5 Å². The summed E-state index contributed by atoms with van der Waals surface area (Å²) >= 11 is 0. The Hall–Kier alpha value is -4.77. The second kappa shape index (κ2) is 27.0. The number of nitrogens with zero attached hydrogens (tertiary/aromatic N) is 3. The second-order valence-corrected chi connectivity index (χ2v) is 20.5. The van der Waals surface area contributed by atoms with Crippen molar-refractivity contribution in [3.05, 3.63) is 54.1 Å². The van der Waals surface area contributed by atoms with E-state index < -0.39 is 73.3 Å². The number of H-pyrrole nitrogens is 1. The SMILES string of the molecule is [2H]OC(=O)CCSSC(C)CCC(=O)NC[C@H]1O[C@H]2OCCCO[C@H]3[C@H](O)[C@@H](O)[C@@H](O[C@H]1[C@H](O)[C@H]2O)O[C@@H]3CNC(=O)CCOCCNC(=O)CCC(=O)N1Cc2ccccc2-c2c(nnn2[3H])-c2ccccc21. The Morgan fingerprint density at radius 2 is 1.50 bits per heavy atom. The Balaban J connectivity index is 0.846. The van der Waals surface area contributed by atoms with Crippen molar-refractivity contribution >= 4 is 56.9 Å². The lowest BCUT2D eigenvalue weighted by Gasteiger charge is -2.47. The van der Waals surface area contributed by atoms with E-state index in [2.05, 4.69) is 31.4 Å². The van der Waals surface area contributed by atoms with Crippen LogP contribution in [-0.4, -0.2) is 189 Å². The van der Waals surface area contributed by atoms with E-state index in [-0.39, 0.29) is 114 Å². The molecule has 0 spiro atoms. The topological polar surface area (TPSA) is 323 Å². The quantitative estimate of drug-likeness (QED) is 0.0522. The van der Waals surface area contributed by atoms with Gasteiger partial charge < -0.3 is 74.8 Å². The molecule has 394 valence electrons. The third kappa shape index (κ3) is 14.7. The summed E-state index contributed by atoms with van der Waals surface area (Å²) in [5.41, 5.74) is 3.72. The second-order valence-electron chi connectivity index (χ2n) is 17.6. The number of ether oxygens (including phenoxy) is 6. The van der Waals surface area contributed by atoms with Crippen LogP contribution in [0.25, 0.3) is 23.9 Å². The molecule has 1 aromatic heterocycles. The van der Waals surface area contributed by atoms with Gasteiger partial charge >= 0.3 is 5.97 Å². The largest absolute Gasteiger partial charge is 0.481 e. The first kappa shape index (κ1) is 52.1. The van der Waals surface area contributed by atoms with Crippen LogP contribution < -0.4 is 20.9 Å². The zero-order chi connectivity index (χ0) is 52.7. The minimum atomic E-state index is -1.71. The van der Waals surface area contributed by atoms with Gasteiger partial charge in [0.2, 0.25) is 23.6 Å². The van der Waals surface area contributed by atoms with Crippen molar-refractivity contribution in [3.63, 3.8) is 0 Å². The van der Waals surface area contributed by atoms with E-state index in [1.165, 1.54) is 21.6 Å². The fourth-order valence-corrected chi connectivity index (χ4v) is 10.8. The fourth-order valence-electron chi connectivity index (χ4n) is 8.49. The molecular formula is C47H63N7O16S2. The van der Waals surface area contributed by atoms with Crippen LogP contribution in [0.1, 0.15) is 57.4 Å². The summed E-state index contributed by atoms with van der Waals surface area (Å²) in [5, 5.41) is 66.0. The third-order valence-electron chi connectivity index (χ3n) is 12.3. The zero-order valence-corrected chi connectivity index (χ0v) is 41.2. The predicted octanol–water partition coefficient (Wildman–Crippen LogP) is 0.630. The molecule has 0 saturated carbocycles. The lowest BCUT2D eigenvalue weighted by atomic mass is 9.95. The Kier molecular flexibility index (Phi) is 19.5. The molecule has 4 amide bonds. The highest BCUT2D eigenvalue weighted by atomic mass is 33.1. The van der Waals surface area contributed by atoms with Crippen molar-refractivity contribution in [2.45, 2.75) is 125 Å². The van der Waals surface area contributed by atoms with Gasteiger partial charge in [0.1, 0.15) is 54.5 Å². The normalized spacial score (nSPS) is 26.8. The number of nitrogens with one attached hydrogen (secondary N) is 4. The molecule has 9 N–H and O–H groups in total. The van der Waals surface area contributed by atoms with Crippen molar-refractivity contribution < 1.29 is 79.3 Å². The van der Waals surface area contributed by atoms with Gasteiger partial charge in [-0.25, -0.2) is 0 Å². The fraction of sp³-hybridized carbons (Fsp3) is 0.596. The van der Waals surface area contributed by atoms with E-state index in [0.29, 0.717) is 34.8 Å². The molecule has 2 aromatic carbocycles. The van der Waals surface area contributed by atoms with Crippen molar-refractivity contribution in [2.24, 2.45) is 0 Å². The summed E-state index contributed by atoms with van der Waals surface area (Å²) in [5.74, 6) is -1.63. The minimum absolute atomic E-state index is 0.00289. The van der Waals surface area contributed by atoms with Gasteiger partial charge in [0.05, 0.1) is 44.2 Å². The molecule has 11 atom stereocenters. The average Bonchev–Trinajstić information content (AvgIpc) is 3.78. The number of aromatic nitrogens is 3. The smallest absolute Gasteiger partial charge is 0.304 e. The number of hydrogen-bond acceptors (Lipinski definition) is 20. The number of benzene rings is 2. The number of rotatable bonds is 21. The van der Waals surface area contributed by atoms with Gasteiger partial charge in [0.15, 0.2) is 14.0 Å². The number of aliphatic hydroxyl groups excluding tert-OH is 4. The van der Waals surface area contributed by atoms with Crippen LogP contribution in [0.5, 0.6) is 0 Å². The van der Waals surface area contributed by atoms with E-state index in [1.54, 1.807) is 17.0 Å². The van der Waals surface area contributed by atoms with Crippen LogP contribution in [-0.2, 0) is 58.9 Å². The van der Waals surface area contributed by atoms with Gasteiger partial charge in [-0.2, -0.15) is 0 Å². The summed E-state index contributed by atoms with van der Waals surface area (Å²) in [6.45, 7) is 1.88. The highest BCUT2D eigenvalue weighted by Crippen LogP contribution is 2.40. The number of hydrogen-bond donors (Lipinski definition) is 9. The minimum Gasteiger partial charge on any atom is -0.481 e. The number of anilines is 1. The number of aliphatic hydroxyl groups is 4. The molecule has 7 aliphatic rings. The van der Waals surface area contributed by atoms with E-state index in [0.717, 1.165) is 16.2 Å². The van der Waals surface area contributed by atoms with Gasteiger partial charge in [-0.1, -0.05) is 76.2 Å². The molecule has 10 rings (SSSR count). The summed E-state index contributed by atoms with van der Waals surface area (Å²) in [6, 6.07) is 14.7. The molecule has 23 nitrogen and oxygen atoms in total. The number of amides is 4. The molecule has 4 bridgehead atoms. The van der Waals surface area contributed by atoms with Gasteiger partial charge in [-0.3, -0.25) is 29.1 Å². The van der Waals surface area contributed by atoms with Crippen molar-refractivity contribution in [1.29, 1.82) is 1.43 Å². The Morgan fingerprint density at radius 1 is 0.819 bits per heavy atom. The molecule has 0 radical (unpaired) electrons. The van der Waals surface area contributed by atoms with Crippen LogP contribution in [0.3, 0.4) is 0 Å². The number of carbonyl (C=O) groups excluding carboxylic acids is 4. The van der Waals surface area contributed by atoms with Crippen LogP contribution in [0, 0.1) is 0 Å². The number of fused-ring (bicyclic) bond motifs is 5. The van der Waals surface area contributed by atoms with E-state index in [1.807, 2.05) is 43.3 Å². The Labute approximate surface area is 426 Å². The molecule has 6 fully saturated rings. The van der Waals surface area contributed by atoms with Crippen molar-refractivity contribution in [2.75, 3.05) is 56.7 Å². The first-order valence-electron chi connectivity index (χ1n) is 24.8. The van der Waals surface area contributed by atoms with Crippen molar-refractivity contribution in [3.8, 4) is 22.5 Å². The summed E-state index contributed by atoms with van der Waals surface area (Å²) in [4.78, 5) is 65.3. The van der Waals surface area contributed by atoms with Gasteiger partial charge in [0, 0.05) is 74.1 Å². The molecule has 1 unspecified atom stereocenters. The predicted molar refractivity (Wildman–Crippen MR) is 260 cm³/mol. The molecule has 3 aromatic rings. The average molecular weight is 1050 g/mol. The number of carbonyl (C=O) groups is 5. The van der Waals surface area contributed by atoms with Gasteiger partial charge in [-0.05, 0) is 24.5 Å². The summed E-state index contributed by atoms with van der Waals surface area (Å²) in [6.07, 6.45) is -13.6. The first-order chi connectivity index (χ1) is 35.7. The molecular weight excluding hydrogens is 983 g/mol. The lowest BCUT2D eigenvalue weighted by molar-refractivity contribution is -0.359. The van der Waals surface area contributed by atoms with Crippen LogP contribution >= 0.6 is 21.6 Å². The molecule has 25 heteroatoms. The molecule has 72 heavy (non-hydrogen) atoms. The van der Waals surface area contributed by atoms with E-state index in [9.17, 15) is 44.4 Å². The number of aliphatic carboxylic acids is 1. The molecule has 8 heterocycles. The molecule has 0 aliphatic carbocycles. The first-order valence-corrected chi connectivity index (χ1v) is 26.3. The lowest BCUT2D eigenvalue weighted by Crippen LogP contribution is -2.66. The highest BCUT2D eigenvalue weighted by molar-refractivity contribution is 8.76.